The quantitative estimate of drug-likeness (QED) is 0.333. The number of allylic oxidation sites excluding steroid dienone is 3. The lowest BCUT2D eigenvalue weighted by molar-refractivity contribution is -0.140. The maximum Gasteiger partial charge on any atom is 0.336 e. The predicted molar refractivity (Wildman–Crippen MR) is 141 cm³/mol. The van der Waals surface area contributed by atoms with Gasteiger partial charge in [0.05, 0.1) is 32.3 Å². The summed E-state index contributed by atoms with van der Waals surface area (Å²) < 4.78 is 36.8. The third-order valence-electron chi connectivity index (χ3n) is 6.88. The van der Waals surface area contributed by atoms with Gasteiger partial charge < -0.3 is 24.3 Å². The largest absolute Gasteiger partial charge is 0.493 e. The van der Waals surface area contributed by atoms with Crippen LogP contribution in [-0.2, 0) is 19.1 Å². The molecule has 0 unspecified atom stereocenters. The normalized spacial score (nSPS) is 19.2. The van der Waals surface area contributed by atoms with Gasteiger partial charge in [0.15, 0.2) is 17.3 Å². The molecule has 0 spiro atoms. The lowest BCUT2D eigenvalue weighted by Crippen LogP contribution is -2.36. The van der Waals surface area contributed by atoms with E-state index in [4.69, 9.17) is 30.5 Å². The van der Waals surface area contributed by atoms with Crippen LogP contribution in [0.2, 0.25) is 5.02 Å². The molecule has 38 heavy (non-hydrogen) atoms. The Kier molecular flexibility index (Phi) is 8.74. The minimum atomic E-state index is -1.00. The number of ether oxygens (including phenoxy) is 4. The number of rotatable bonds is 9. The lowest BCUT2D eigenvalue weighted by Gasteiger charge is -2.37. The molecule has 1 heterocycles. The van der Waals surface area contributed by atoms with Crippen molar-refractivity contribution in [2.45, 2.75) is 38.5 Å². The Balaban J connectivity index is 1.75. The number of carbonyl (C=O) groups excluding carboxylic acids is 2. The Morgan fingerprint density at radius 2 is 1.87 bits per heavy atom. The van der Waals surface area contributed by atoms with E-state index in [0.29, 0.717) is 41.5 Å². The van der Waals surface area contributed by atoms with Gasteiger partial charge in [-0.3, -0.25) is 4.79 Å². The smallest absolute Gasteiger partial charge is 0.336 e. The Bertz CT molecular complexity index is 1280. The molecule has 2 aromatic carbocycles. The summed E-state index contributed by atoms with van der Waals surface area (Å²) >= 11 is 6.48. The van der Waals surface area contributed by atoms with Gasteiger partial charge in [0, 0.05) is 40.6 Å². The summed E-state index contributed by atoms with van der Waals surface area (Å²) in [7, 11) is 3.12. The van der Waals surface area contributed by atoms with Gasteiger partial charge >= 0.3 is 5.97 Å². The zero-order valence-corrected chi connectivity index (χ0v) is 22.6. The van der Waals surface area contributed by atoms with Crippen molar-refractivity contribution in [3.8, 4) is 11.5 Å². The molecule has 7 nitrogen and oxygen atoms in total. The van der Waals surface area contributed by atoms with Gasteiger partial charge in [-0.05, 0) is 56.0 Å². The molecule has 1 aliphatic heterocycles. The topological polar surface area (TPSA) is 83.1 Å². The Morgan fingerprint density at radius 3 is 2.55 bits per heavy atom. The van der Waals surface area contributed by atoms with Crippen LogP contribution < -0.4 is 14.8 Å². The van der Waals surface area contributed by atoms with Gasteiger partial charge in [0.2, 0.25) is 0 Å². The van der Waals surface area contributed by atoms with Crippen molar-refractivity contribution in [2.24, 2.45) is 0 Å². The first kappa shape index (κ1) is 27.7. The number of dihydropyridines is 1. The highest BCUT2D eigenvalue weighted by Gasteiger charge is 2.43. The van der Waals surface area contributed by atoms with Crippen LogP contribution >= 0.6 is 11.6 Å². The molecule has 2 aliphatic rings. The average molecular weight is 544 g/mol. The number of esters is 1. The molecule has 4 rings (SSSR count). The number of nitrogens with one attached hydrogen (secondary N) is 1. The van der Waals surface area contributed by atoms with Crippen molar-refractivity contribution < 1.29 is 32.9 Å². The van der Waals surface area contributed by atoms with Gasteiger partial charge in [-0.1, -0.05) is 23.7 Å². The van der Waals surface area contributed by atoms with Crippen molar-refractivity contribution in [3.63, 3.8) is 0 Å². The number of Topliss-reactive ketones (excluding diaryl/α,β-unsaturated/α-hetero) is 1. The van der Waals surface area contributed by atoms with Crippen LogP contribution in [0.1, 0.15) is 49.7 Å². The van der Waals surface area contributed by atoms with Crippen LogP contribution in [0.3, 0.4) is 0 Å². The average Bonchev–Trinajstić information content (AvgIpc) is 2.90. The second-order valence-electron chi connectivity index (χ2n) is 9.10. The van der Waals surface area contributed by atoms with E-state index in [0.717, 1.165) is 5.56 Å². The zero-order valence-electron chi connectivity index (χ0n) is 21.9. The molecule has 0 fully saturated rings. The fourth-order valence-electron chi connectivity index (χ4n) is 5.14. The molecule has 0 radical (unpaired) electrons. The van der Waals surface area contributed by atoms with Gasteiger partial charge in [0.25, 0.3) is 0 Å². The van der Waals surface area contributed by atoms with Crippen molar-refractivity contribution >= 4 is 23.4 Å². The number of methoxy groups -OCH3 is 2. The number of benzene rings is 2. The van der Waals surface area contributed by atoms with Gasteiger partial charge in [-0.25, -0.2) is 9.18 Å². The second-order valence-corrected chi connectivity index (χ2v) is 9.51. The molecular formula is C29H31ClFNO6. The second kappa shape index (κ2) is 12.0. The Morgan fingerprint density at radius 1 is 1.11 bits per heavy atom. The van der Waals surface area contributed by atoms with Crippen LogP contribution in [0.15, 0.2) is 58.9 Å². The third-order valence-corrected chi connectivity index (χ3v) is 7.21. The molecule has 2 aromatic rings. The Labute approximate surface area is 226 Å². The molecule has 0 saturated heterocycles. The van der Waals surface area contributed by atoms with Crippen molar-refractivity contribution in [2.75, 3.05) is 34.0 Å². The molecule has 0 bridgehead atoms. The SMILES string of the molecule is CCOCCOC(=O)C1=C(C)NC2=C(C(=O)C[C@@H](c3ccc(OC)c(OC)c3)C2)[C@H]1c1c(F)cccc1Cl. The first-order valence-corrected chi connectivity index (χ1v) is 12.8. The van der Waals surface area contributed by atoms with Gasteiger partial charge in [-0.2, -0.15) is 0 Å². The summed E-state index contributed by atoms with van der Waals surface area (Å²) in [5.74, 6) is -1.45. The summed E-state index contributed by atoms with van der Waals surface area (Å²) in [6, 6.07) is 9.89. The van der Waals surface area contributed by atoms with E-state index in [1.807, 2.05) is 19.1 Å². The monoisotopic (exact) mass is 543 g/mol. The highest BCUT2D eigenvalue weighted by Crippen LogP contribution is 2.48. The molecule has 0 saturated carbocycles. The number of hydrogen-bond donors (Lipinski definition) is 1. The van der Waals surface area contributed by atoms with Crippen LogP contribution in [0.25, 0.3) is 0 Å². The van der Waals surface area contributed by atoms with Crippen LogP contribution in [0.5, 0.6) is 11.5 Å². The first-order valence-electron chi connectivity index (χ1n) is 12.4. The first-order chi connectivity index (χ1) is 18.3. The summed E-state index contributed by atoms with van der Waals surface area (Å²) in [4.78, 5) is 27.0. The van der Waals surface area contributed by atoms with Crippen molar-refractivity contribution in [1.29, 1.82) is 0 Å². The minimum absolute atomic E-state index is 0.0302. The maximum absolute atomic E-state index is 15.3. The molecule has 1 aliphatic carbocycles. The van der Waals surface area contributed by atoms with Gasteiger partial charge in [-0.15, -0.1) is 0 Å². The summed E-state index contributed by atoms with van der Waals surface area (Å²) in [6.45, 7) is 4.30. The third kappa shape index (κ3) is 5.42. The minimum Gasteiger partial charge on any atom is -0.493 e. The molecular weight excluding hydrogens is 513 g/mol. The highest BCUT2D eigenvalue weighted by atomic mass is 35.5. The number of hydrogen-bond acceptors (Lipinski definition) is 7. The van der Waals surface area contributed by atoms with Crippen LogP contribution in [0, 0.1) is 5.82 Å². The summed E-state index contributed by atoms with van der Waals surface area (Å²) in [6.07, 6.45) is 0.646. The molecule has 2 atom stereocenters. The van der Waals surface area contributed by atoms with E-state index in [1.165, 1.54) is 12.1 Å². The van der Waals surface area contributed by atoms with Crippen molar-refractivity contribution in [3.05, 3.63) is 80.9 Å². The molecule has 9 heteroatoms. The zero-order chi connectivity index (χ0) is 27.4. The van der Waals surface area contributed by atoms with E-state index in [1.54, 1.807) is 33.3 Å². The standard InChI is InChI=1S/C29H31ClFNO6/c1-5-37-11-12-38-29(34)25-16(2)32-21-13-18(17-9-10-23(35-3)24(15-17)36-4)14-22(33)27(21)28(25)26-19(30)7-6-8-20(26)31/h6-10,15,18,28,32H,5,11-14H2,1-4H3/t18-,28+/m0/s1. The lowest BCUT2D eigenvalue weighted by atomic mass is 9.71. The fraction of sp³-hybridized carbons (Fsp3) is 0.379. The molecule has 0 aromatic heterocycles. The number of ketones is 1. The van der Waals surface area contributed by atoms with E-state index in [2.05, 4.69) is 5.32 Å². The highest BCUT2D eigenvalue weighted by molar-refractivity contribution is 6.31. The van der Waals surface area contributed by atoms with E-state index >= 15 is 4.39 Å². The fourth-order valence-corrected chi connectivity index (χ4v) is 5.41. The number of carbonyl (C=O) groups is 2. The van der Waals surface area contributed by atoms with Crippen molar-refractivity contribution in [1.82, 2.24) is 5.32 Å². The van der Waals surface area contributed by atoms with Gasteiger partial charge in [0.1, 0.15) is 12.4 Å². The maximum atomic E-state index is 15.3. The van der Waals surface area contributed by atoms with E-state index in [-0.39, 0.29) is 47.5 Å². The number of halogens is 2. The molecule has 202 valence electrons. The summed E-state index contributed by atoms with van der Waals surface area (Å²) in [5, 5.41) is 3.39. The summed E-state index contributed by atoms with van der Waals surface area (Å²) in [5.41, 5.74) is 2.59. The molecule has 1 N–H and O–H groups in total. The van der Waals surface area contributed by atoms with E-state index < -0.39 is 17.7 Å². The van der Waals surface area contributed by atoms with Crippen LogP contribution in [0.4, 0.5) is 4.39 Å². The predicted octanol–water partition coefficient (Wildman–Crippen LogP) is 5.44. The molecule has 0 amide bonds. The van der Waals surface area contributed by atoms with E-state index in [9.17, 15) is 9.59 Å². The van der Waals surface area contributed by atoms with Crippen LogP contribution in [-0.4, -0.2) is 45.8 Å². The Hall–Kier alpha value is -3.36.